The molecule has 0 amide bonds. The summed E-state index contributed by atoms with van der Waals surface area (Å²) in [5.74, 6) is -3.86. The van der Waals surface area contributed by atoms with Gasteiger partial charge in [-0.1, -0.05) is 30.3 Å². The number of Topliss-reactive ketones (excluding diaryl/α,β-unsaturated/α-hetero) is 1. The molecule has 0 saturated carbocycles. The van der Waals surface area contributed by atoms with E-state index in [0.29, 0.717) is 5.56 Å². The predicted octanol–water partition coefficient (Wildman–Crippen LogP) is 1.75. The zero-order valence-corrected chi connectivity index (χ0v) is 11.7. The minimum Gasteiger partial charge on any atom is -0.508 e. The van der Waals surface area contributed by atoms with E-state index in [2.05, 4.69) is 0 Å². The van der Waals surface area contributed by atoms with Crippen LogP contribution >= 0.6 is 0 Å². The number of phenolic OH excluding ortho intramolecular Hbond substituents is 2. The molecule has 3 N–H and O–H groups in total. The van der Waals surface area contributed by atoms with Crippen LogP contribution in [0.2, 0.25) is 0 Å². The number of hydrogen-bond acceptors (Lipinski definition) is 6. The largest absolute Gasteiger partial charge is 0.508 e. The van der Waals surface area contributed by atoms with Crippen LogP contribution in [-0.2, 0) is 4.74 Å². The van der Waals surface area contributed by atoms with Crippen molar-refractivity contribution in [1.82, 2.24) is 0 Å². The fourth-order valence-electron chi connectivity index (χ4n) is 2.53. The first-order valence-electron chi connectivity index (χ1n) is 6.57. The second kappa shape index (κ2) is 5.01. The Kier molecular flexibility index (Phi) is 3.27. The lowest BCUT2D eigenvalue weighted by molar-refractivity contribution is -0.205. The van der Waals surface area contributed by atoms with E-state index in [0.717, 1.165) is 6.07 Å². The van der Waals surface area contributed by atoms with Crippen LogP contribution < -0.4 is 4.74 Å². The molecule has 114 valence electrons. The number of ether oxygens (including phenoxy) is 2. The van der Waals surface area contributed by atoms with Gasteiger partial charge in [0, 0.05) is 19.2 Å². The molecule has 6 nitrogen and oxygen atoms in total. The standard InChI is InChI=1S/C16H14O6/c1-21-16(20)14(19)13-11(18)7-10(17)8-12(13)22-15(16)9-5-3-2-4-6-9/h2-8,15,17-18,20H,1H3. The molecule has 0 aliphatic carbocycles. The Morgan fingerprint density at radius 3 is 2.50 bits per heavy atom. The molecule has 2 aromatic rings. The SMILES string of the molecule is COC1(O)C(=O)c2c(O)cc(O)cc2OC1c1ccccc1. The van der Waals surface area contributed by atoms with Gasteiger partial charge in [-0.25, -0.2) is 0 Å². The highest BCUT2D eigenvalue weighted by Crippen LogP contribution is 2.46. The van der Waals surface area contributed by atoms with Gasteiger partial charge in [0.25, 0.3) is 5.79 Å². The minimum atomic E-state index is -2.27. The van der Waals surface area contributed by atoms with Gasteiger partial charge in [0.1, 0.15) is 22.8 Å². The lowest BCUT2D eigenvalue weighted by atomic mass is 9.89. The van der Waals surface area contributed by atoms with E-state index in [4.69, 9.17) is 9.47 Å². The van der Waals surface area contributed by atoms with E-state index in [1.165, 1.54) is 13.2 Å². The Labute approximate surface area is 126 Å². The van der Waals surface area contributed by atoms with Crippen LogP contribution in [0.25, 0.3) is 0 Å². The maximum atomic E-state index is 12.6. The maximum Gasteiger partial charge on any atom is 0.274 e. The second-order valence-electron chi connectivity index (χ2n) is 4.98. The third-order valence-electron chi connectivity index (χ3n) is 3.63. The third-order valence-corrected chi connectivity index (χ3v) is 3.63. The van der Waals surface area contributed by atoms with Crippen molar-refractivity contribution in [3.8, 4) is 17.2 Å². The van der Waals surface area contributed by atoms with Crippen molar-refractivity contribution in [2.45, 2.75) is 11.9 Å². The molecule has 0 saturated heterocycles. The van der Waals surface area contributed by atoms with Gasteiger partial charge in [-0.3, -0.25) is 4.79 Å². The molecule has 0 bridgehead atoms. The third kappa shape index (κ3) is 2.01. The monoisotopic (exact) mass is 302 g/mol. The number of benzene rings is 2. The van der Waals surface area contributed by atoms with Crippen LogP contribution in [-0.4, -0.2) is 34.0 Å². The van der Waals surface area contributed by atoms with Gasteiger partial charge < -0.3 is 24.8 Å². The molecule has 0 aromatic heterocycles. The number of carbonyl (C=O) groups is 1. The van der Waals surface area contributed by atoms with Gasteiger partial charge in [-0.2, -0.15) is 0 Å². The van der Waals surface area contributed by atoms with Gasteiger partial charge in [-0.05, 0) is 5.56 Å². The quantitative estimate of drug-likeness (QED) is 0.731. The molecule has 6 heteroatoms. The summed E-state index contributed by atoms with van der Waals surface area (Å²) in [4.78, 5) is 12.6. The molecule has 22 heavy (non-hydrogen) atoms. The molecule has 1 aliphatic rings. The molecule has 2 atom stereocenters. The highest BCUT2D eigenvalue weighted by atomic mass is 16.7. The number of hydrogen-bond donors (Lipinski definition) is 3. The molecule has 3 rings (SSSR count). The topological polar surface area (TPSA) is 96.2 Å². The van der Waals surface area contributed by atoms with Crippen LogP contribution in [0.4, 0.5) is 0 Å². The average molecular weight is 302 g/mol. The predicted molar refractivity (Wildman–Crippen MR) is 75.9 cm³/mol. The van der Waals surface area contributed by atoms with Crippen LogP contribution in [0.1, 0.15) is 22.0 Å². The summed E-state index contributed by atoms with van der Waals surface area (Å²) >= 11 is 0. The fraction of sp³-hybridized carbons (Fsp3) is 0.188. The average Bonchev–Trinajstić information content (AvgIpc) is 2.51. The number of ketones is 1. The highest BCUT2D eigenvalue weighted by Gasteiger charge is 2.53. The summed E-state index contributed by atoms with van der Waals surface area (Å²) in [6.45, 7) is 0. The van der Waals surface area contributed by atoms with E-state index in [1.807, 2.05) is 0 Å². The van der Waals surface area contributed by atoms with Crippen molar-refractivity contribution in [3.63, 3.8) is 0 Å². The first-order valence-corrected chi connectivity index (χ1v) is 6.57. The summed E-state index contributed by atoms with van der Waals surface area (Å²) in [5.41, 5.74) is 0.294. The van der Waals surface area contributed by atoms with E-state index < -0.39 is 23.4 Å². The van der Waals surface area contributed by atoms with Crippen LogP contribution in [0.3, 0.4) is 0 Å². The molecule has 2 aromatic carbocycles. The summed E-state index contributed by atoms with van der Waals surface area (Å²) < 4.78 is 10.6. The number of aromatic hydroxyl groups is 2. The lowest BCUT2D eigenvalue weighted by Crippen LogP contribution is -2.51. The number of rotatable bonds is 2. The molecular formula is C16H14O6. The van der Waals surface area contributed by atoms with Crippen molar-refractivity contribution in [2.75, 3.05) is 7.11 Å². The Hall–Kier alpha value is -2.57. The maximum absolute atomic E-state index is 12.6. The van der Waals surface area contributed by atoms with Crippen molar-refractivity contribution in [2.24, 2.45) is 0 Å². The first-order chi connectivity index (χ1) is 10.5. The minimum absolute atomic E-state index is 0.0157. The van der Waals surface area contributed by atoms with Crippen LogP contribution in [0.15, 0.2) is 42.5 Å². The van der Waals surface area contributed by atoms with Gasteiger partial charge in [0.15, 0.2) is 6.10 Å². The van der Waals surface area contributed by atoms with Crippen molar-refractivity contribution >= 4 is 5.78 Å². The van der Waals surface area contributed by atoms with Gasteiger partial charge in [-0.15, -0.1) is 0 Å². The molecule has 0 spiro atoms. The summed E-state index contributed by atoms with van der Waals surface area (Å²) in [6.07, 6.45) is -1.13. The van der Waals surface area contributed by atoms with Gasteiger partial charge in [0.2, 0.25) is 5.78 Å². The number of carbonyl (C=O) groups excluding carboxylic acids is 1. The van der Waals surface area contributed by atoms with Crippen molar-refractivity contribution in [3.05, 3.63) is 53.6 Å². The van der Waals surface area contributed by atoms with Crippen LogP contribution in [0, 0.1) is 0 Å². The zero-order chi connectivity index (χ0) is 15.9. The van der Waals surface area contributed by atoms with Crippen molar-refractivity contribution in [1.29, 1.82) is 0 Å². The fourth-order valence-corrected chi connectivity index (χ4v) is 2.53. The Bertz CT molecular complexity index is 727. The second-order valence-corrected chi connectivity index (χ2v) is 4.98. The zero-order valence-electron chi connectivity index (χ0n) is 11.7. The molecule has 0 radical (unpaired) electrons. The number of methoxy groups -OCH3 is 1. The van der Waals surface area contributed by atoms with E-state index in [9.17, 15) is 20.1 Å². The van der Waals surface area contributed by atoms with Gasteiger partial charge in [0.05, 0.1) is 0 Å². The normalized spacial score (nSPS) is 23.7. The molecule has 1 aliphatic heterocycles. The smallest absolute Gasteiger partial charge is 0.274 e. The first kappa shape index (κ1) is 14.4. The van der Waals surface area contributed by atoms with Crippen molar-refractivity contribution < 1.29 is 29.6 Å². The Morgan fingerprint density at radius 1 is 1.18 bits per heavy atom. The van der Waals surface area contributed by atoms with E-state index >= 15 is 0 Å². The molecule has 0 fully saturated rings. The summed E-state index contributed by atoms with van der Waals surface area (Å²) in [5, 5.41) is 30.1. The number of fused-ring (bicyclic) bond motifs is 1. The number of aliphatic hydroxyl groups is 1. The lowest BCUT2D eigenvalue weighted by Gasteiger charge is -2.38. The molecule has 1 heterocycles. The van der Waals surface area contributed by atoms with E-state index in [-0.39, 0.29) is 17.1 Å². The number of phenols is 2. The highest BCUT2D eigenvalue weighted by molar-refractivity contribution is 6.07. The Morgan fingerprint density at radius 2 is 1.86 bits per heavy atom. The van der Waals surface area contributed by atoms with Gasteiger partial charge >= 0.3 is 0 Å². The molecular weight excluding hydrogens is 288 g/mol. The summed E-state index contributed by atoms with van der Waals surface area (Å²) in [7, 11) is 1.18. The Balaban J connectivity index is 2.19. The summed E-state index contributed by atoms with van der Waals surface area (Å²) in [6, 6.07) is 10.8. The molecule has 2 unspecified atom stereocenters. The van der Waals surface area contributed by atoms with Crippen LogP contribution in [0.5, 0.6) is 17.2 Å². The van der Waals surface area contributed by atoms with E-state index in [1.54, 1.807) is 30.3 Å².